The molecule has 110 valence electrons. The van der Waals surface area contributed by atoms with Gasteiger partial charge in [0.1, 0.15) is 0 Å². The molecule has 21 heavy (non-hydrogen) atoms. The largest absolute Gasteiger partial charge is 0.378 e. The van der Waals surface area contributed by atoms with Gasteiger partial charge in [0.15, 0.2) is 5.69 Å². The molecule has 0 saturated carbocycles. The van der Waals surface area contributed by atoms with Crippen LogP contribution in [-0.4, -0.2) is 48.1 Å². The van der Waals surface area contributed by atoms with E-state index in [1.807, 2.05) is 43.3 Å². The summed E-state index contributed by atoms with van der Waals surface area (Å²) in [6.07, 6.45) is 1.69. The van der Waals surface area contributed by atoms with Crippen LogP contribution in [0.3, 0.4) is 0 Å². The van der Waals surface area contributed by atoms with Crippen molar-refractivity contribution >= 4 is 17.3 Å². The third-order valence-corrected chi connectivity index (χ3v) is 3.50. The van der Waals surface area contributed by atoms with Crippen LogP contribution < -0.4 is 15.5 Å². The summed E-state index contributed by atoms with van der Waals surface area (Å²) in [6.45, 7) is 1.74. The molecule has 7 heteroatoms. The molecular weight excluding hydrogens is 268 g/mol. The number of carbonyl (C=O) groups excluding carboxylic acids is 1. The summed E-state index contributed by atoms with van der Waals surface area (Å²) in [6, 6.07) is 7.96. The van der Waals surface area contributed by atoms with Crippen LogP contribution >= 0.6 is 0 Å². The fourth-order valence-electron chi connectivity index (χ4n) is 2.08. The first-order valence-corrected chi connectivity index (χ1v) is 6.85. The average molecular weight is 286 g/mol. The number of nitrogens with one attached hydrogen (secondary N) is 2. The van der Waals surface area contributed by atoms with Crippen LogP contribution in [0.25, 0.3) is 0 Å². The van der Waals surface area contributed by atoms with Gasteiger partial charge in [-0.2, -0.15) is 0 Å². The summed E-state index contributed by atoms with van der Waals surface area (Å²) >= 11 is 0. The van der Waals surface area contributed by atoms with Crippen molar-refractivity contribution in [3.8, 4) is 0 Å². The minimum absolute atomic E-state index is 0.246. The van der Waals surface area contributed by atoms with E-state index in [-0.39, 0.29) is 5.91 Å². The normalized spacial score (nSPS) is 14.6. The zero-order valence-corrected chi connectivity index (χ0v) is 12.1. The molecule has 1 fully saturated rings. The maximum atomic E-state index is 12.2. The minimum atomic E-state index is -0.246. The Balaban J connectivity index is 1.70. The van der Waals surface area contributed by atoms with E-state index in [4.69, 9.17) is 0 Å². The minimum Gasteiger partial charge on any atom is -0.378 e. The lowest BCUT2D eigenvalue weighted by Crippen LogP contribution is -2.43. The van der Waals surface area contributed by atoms with Gasteiger partial charge >= 0.3 is 0 Å². The Labute approximate surface area is 122 Å². The molecule has 1 aromatic heterocycles. The Bertz CT molecular complexity index is 646. The Hall–Kier alpha value is -2.41. The molecule has 1 aromatic carbocycles. The lowest BCUT2D eigenvalue weighted by atomic mass is 10.2. The van der Waals surface area contributed by atoms with E-state index < -0.39 is 0 Å². The average Bonchev–Trinajstić information content (AvgIpc) is 2.86. The predicted molar refractivity (Wildman–Crippen MR) is 80.7 cm³/mol. The zero-order valence-electron chi connectivity index (χ0n) is 12.1. The zero-order chi connectivity index (χ0) is 14.8. The Kier molecular flexibility index (Phi) is 3.57. The van der Waals surface area contributed by atoms with Gasteiger partial charge in [0.2, 0.25) is 0 Å². The van der Waals surface area contributed by atoms with Gasteiger partial charge in [0.25, 0.3) is 5.91 Å². The number of aromatic nitrogens is 3. The van der Waals surface area contributed by atoms with Crippen molar-refractivity contribution in [1.82, 2.24) is 20.3 Å². The molecule has 1 aliphatic rings. The number of nitrogens with zero attached hydrogens (tertiary/aromatic N) is 4. The third kappa shape index (κ3) is 2.87. The topological polar surface area (TPSA) is 75.1 Å². The van der Waals surface area contributed by atoms with E-state index in [1.165, 1.54) is 0 Å². The van der Waals surface area contributed by atoms with Crippen LogP contribution in [-0.2, 0) is 0 Å². The molecule has 2 heterocycles. The number of hydrogen-bond acceptors (Lipinski definition) is 5. The Morgan fingerprint density at radius 2 is 2.24 bits per heavy atom. The smallest absolute Gasteiger partial charge is 0.277 e. The SMILES string of the molecule is CN(C)c1cccc(NC(=O)c2cn(C3CNC3)nn2)c1. The fourth-order valence-corrected chi connectivity index (χ4v) is 2.08. The molecular formula is C14H18N6O. The summed E-state index contributed by atoms with van der Waals surface area (Å²) in [5, 5.41) is 13.9. The van der Waals surface area contributed by atoms with Crippen LogP contribution in [0.4, 0.5) is 11.4 Å². The first-order chi connectivity index (χ1) is 10.1. The van der Waals surface area contributed by atoms with Gasteiger partial charge in [-0.25, -0.2) is 4.68 Å². The van der Waals surface area contributed by atoms with E-state index >= 15 is 0 Å². The van der Waals surface area contributed by atoms with Gasteiger partial charge in [0.05, 0.1) is 12.2 Å². The van der Waals surface area contributed by atoms with Crippen LogP contribution in [0, 0.1) is 0 Å². The van der Waals surface area contributed by atoms with Gasteiger partial charge < -0.3 is 15.5 Å². The highest BCUT2D eigenvalue weighted by atomic mass is 16.2. The first-order valence-electron chi connectivity index (χ1n) is 6.85. The van der Waals surface area contributed by atoms with Crippen LogP contribution in [0.1, 0.15) is 16.5 Å². The first kappa shape index (κ1) is 13.6. The number of hydrogen-bond donors (Lipinski definition) is 2. The van der Waals surface area contributed by atoms with Crippen molar-refractivity contribution in [2.45, 2.75) is 6.04 Å². The van der Waals surface area contributed by atoms with Crippen LogP contribution in [0.2, 0.25) is 0 Å². The Morgan fingerprint density at radius 1 is 1.43 bits per heavy atom. The number of carbonyl (C=O) groups is 1. The predicted octanol–water partition coefficient (Wildman–Crippen LogP) is 0.741. The van der Waals surface area contributed by atoms with Gasteiger partial charge in [-0.05, 0) is 18.2 Å². The fraction of sp³-hybridized carbons (Fsp3) is 0.357. The number of rotatable bonds is 4. The highest BCUT2D eigenvalue weighted by Gasteiger charge is 2.21. The standard InChI is InChI=1S/C14H18N6O/c1-19(2)11-5-3-4-10(6-11)16-14(21)13-9-20(18-17-13)12-7-15-8-12/h3-6,9,12,15H,7-8H2,1-2H3,(H,16,21). The molecule has 0 aliphatic carbocycles. The molecule has 7 nitrogen and oxygen atoms in total. The second-order valence-electron chi connectivity index (χ2n) is 5.29. The molecule has 0 spiro atoms. The maximum Gasteiger partial charge on any atom is 0.277 e. The summed E-state index contributed by atoms with van der Waals surface area (Å²) in [7, 11) is 3.92. The van der Waals surface area contributed by atoms with Crippen LogP contribution in [0.15, 0.2) is 30.5 Å². The molecule has 2 aromatic rings. The van der Waals surface area contributed by atoms with Gasteiger partial charge in [-0.3, -0.25) is 4.79 Å². The molecule has 1 amide bonds. The third-order valence-electron chi connectivity index (χ3n) is 3.50. The van der Waals surface area contributed by atoms with E-state index in [2.05, 4.69) is 20.9 Å². The molecule has 0 bridgehead atoms. The van der Waals surface area contributed by atoms with Crippen molar-refractivity contribution in [2.75, 3.05) is 37.4 Å². The maximum absolute atomic E-state index is 12.2. The molecule has 0 atom stereocenters. The van der Waals surface area contributed by atoms with Crippen molar-refractivity contribution in [3.63, 3.8) is 0 Å². The van der Waals surface area contributed by atoms with E-state index in [1.54, 1.807) is 10.9 Å². The van der Waals surface area contributed by atoms with E-state index in [9.17, 15) is 4.79 Å². The van der Waals surface area contributed by atoms with Crippen LogP contribution in [0.5, 0.6) is 0 Å². The lowest BCUT2D eigenvalue weighted by molar-refractivity contribution is 0.102. The summed E-state index contributed by atoms with van der Waals surface area (Å²) in [5.74, 6) is -0.246. The molecule has 1 aliphatic heterocycles. The summed E-state index contributed by atoms with van der Waals surface area (Å²) < 4.78 is 1.74. The van der Waals surface area contributed by atoms with Gasteiger partial charge in [-0.15, -0.1) is 5.10 Å². The van der Waals surface area contributed by atoms with Crippen molar-refractivity contribution in [2.24, 2.45) is 0 Å². The van der Waals surface area contributed by atoms with E-state index in [0.29, 0.717) is 11.7 Å². The molecule has 3 rings (SSSR count). The highest BCUT2D eigenvalue weighted by Crippen LogP contribution is 2.18. The number of benzene rings is 1. The second-order valence-corrected chi connectivity index (χ2v) is 5.29. The lowest BCUT2D eigenvalue weighted by Gasteiger charge is -2.26. The molecule has 2 N–H and O–H groups in total. The Morgan fingerprint density at radius 3 is 2.90 bits per heavy atom. The van der Waals surface area contributed by atoms with E-state index in [0.717, 1.165) is 24.5 Å². The van der Waals surface area contributed by atoms with Gasteiger partial charge in [-0.1, -0.05) is 11.3 Å². The van der Waals surface area contributed by atoms with Gasteiger partial charge in [0, 0.05) is 38.6 Å². The van der Waals surface area contributed by atoms with Crippen molar-refractivity contribution in [1.29, 1.82) is 0 Å². The molecule has 1 saturated heterocycles. The quantitative estimate of drug-likeness (QED) is 0.867. The molecule has 0 radical (unpaired) electrons. The number of amides is 1. The summed E-state index contributed by atoms with van der Waals surface area (Å²) in [4.78, 5) is 14.2. The second kappa shape index (κ2) is 5.53. The number of anilines is 2. The monoisotopic (exact) mass is 286 g/mol. The molecule has 0 unspecified atom stereocenters. The van der Waals surface area contributed by atoms with Crippen molar-refractivity contribution in [3.05, 3.63) is 36.2 Å². The highest BCUT2D eigenvalue weighted by molar-refractivity contribution is 6.02. The van der Waals surface area contributed by atoms with Crippen molar-refractivity contribution < 1.29 is 4.79 Å². The summed E-state index contributed by atoms with van der Waals surface area (Å²) in [5.41, 5.74) is 2.10.